The number of allylic oxidation sites excluding steroid dienone is 3. The Morgan fingerprint density at radius 3 is 2.04 bits per heavy atom. The first kappa shape index (κ1) is 28.7. The van der Waals surface area contributed by atoms with E-state index >= 15 is 0 Å². The van der Waals surface area contributed by atoms with Crippen molar-refractivity contribution in [2.45, 2.75) is 58.3 Å². The van der Waals surface area contributed by atoms with Crippen molar-refractivity contribution in [2.75, 3.05) is 0 Å². The van der Waals surface area contributed by atoms with Gasteiger partial charge in [0.25, 0.3) is 0 Å². The van der Waals surface area contributed by atoms with Crippen LogP contribution in [-0.2, 0) is 10.8 Å². The Morgan fingerprint density at radius 1 is 0.644 bits per heavy atom. The van der Waals surface area contributed by atoms with Gasteiger partial charge in [0.05, 0.1) is 0 Å². The van der Waals surface area contributed by atoms with E-state index in [9.17, 15) is 0 Å². The van der Waals surface area contributed by atoms with Crippen LogP contribution in [-0.4, -0.2) is 0 Å². The molecule has 0 aromatic heterocycles. The summed E-state index contributed by atoms with van der Waals surface area (Å²) in [6.07, 6.45) is 5.91. The van der Waals surface area contributed by atoms with E-state index in [0.717, 1.165) is 35.1 Å². The third-order valence-corrected chi connectivity index (χ3v) is 9.78. The Kier molecular flexibility index (Phi) is 6.92. The average Bonchev–Trinajstić information content (AvgIpc) is 3.27. The normalized spacial score (nSPS) is 14.7. The lowest BCUT2D eigenvalue weighted by Gasteiger charge is -2.36. The maximum atomic E-state index is 3.87. The highest BCUT2D eigenvalue weighted by molar-refractivity contribution is 6.12. The van der Waals surface area contributed by atoms with Gasteiger partial charge >= 0.3 is 0 Å². The van der Waals surface area contributed by atoms with E-state index in [1.54, 1.807) is 0 Å². The van der Waals surface area contributed by atoms with Crippen LogP contribution >= 0.6 is 0 Å². The molecule has 0 heterocycles. The number of fused-ring (bicyclic) bond motifs is 6. The molecule has 0 atom stereocenters. The van der Waals surface area contributed by atoms with Crippen molar-refractivity contribution in [3.63, 3.8) is 0 Å². The van der Waals surface area contributed by atoms with Crippen LogP contribution in [0.1, 0.15) is 86.4 Å². The summed E-state index contributed by atoms with van der Waals surface area (Å²) < 4.78 is 0. The van der Waals surface area contributed by atoms with Gasteiger partial charge in [-0.15, -0.1) is 0 Å². The molecule has 7 rings (SSSR count). The van der Waals surface area contributed by atoms with Crippen molar-refractivity contribution in [3.05, 3.63) is 154 Å². The predicted octanol–water partition coefficient (Wildman–Crippen LogP) is 11.1. The molecule has 0 nitrogen and oxygen atoms in total. The molecule has 0 aliphatic heterocycles. The van der Waals surface area contributed by atoms with E-state index in [0.29, 0.717) is 0 Å². The fourth-order valence-corrected chi connectivity index (χ4v) is 7.44. The second-order valence-electron chi connectivity index (χ2n) is 13.4. The minimum atomic E-state index is -0.161. The third-order valence-electron chi connectivity index (χ3n) is 9.78. The van der Waals surface area contributed by atoms with Gasteiger partial charge < -0.3 is 0 Å². The Morgan fingerprint density at radius 2 is 1.31 bits per heavy atom. The largest absolute Gasteiger partial charge is 0.0990 e. The average molecular weight is 579 g/mol. The van der Waals surface area contributed by atoms with E-state index in [1.807, 2.05) is 30.4 Å². The Labute approximate surface area is 268 Å². The van der Waals surface area contributed by atoms with Gasteiger partial charge in [-0.2, -0.15) is 0 Å². The Hall–Kier alpha value is -5.04. The van der Waals surface area contributed by atoms with Crippen molar-refractivity contribution < 1.29 is 0 Å². The van der Waals surface area contributed by atoms with E-state index in [2.05, 4.69) is 138 Å². The van der Waals surface area contributed by atoms with Gasteiger partial charge in [0.2, 0.25) is 0 Å². The molecule has 5 aromatic rings. The molecule has 0 N–H and O–H groups in total. The van der Waals surface area contributed by atoms with Gasteiger partial charge in [-0.3, -0.25) is 0 Å². The highest BCUT2D eigenvalue weighted by Crippen LogP contribution is 2.57. The molecule has 0 saturated heterocycles. The van der Waals surface area contributed by atoms with Gasteiger partial charge in [-0.1, -0.05) is 132 Å². The predicted molar refractivity (Wildman–Crippen MR) is 192 cm³/mol. The van der Waals surface area contributed by atoms with Crippen LogP contribution in [0.25, 0.3) is 33.0 Å². The summed E-state index contributed by atoms with van der Waals surface area (Å²) in [5.74, 6) is 13.7. The first-order valence-corrected chi connectivity index (χ1v) is 16.0. The molecule has 0 heteroatoms. The molecule has 2 aliphatic rings. The molecule has 0 unspecified atom stereocenters. The highest BCUT2D eigenvalue weighted by Gasteiger charge is 2.40. The molecule has 0 saturated carbocycles. The smallest absolute Gasteiger partial charge is 0.0252 e. The first-order valence-electron chi connectivity index (χ1n) is 16.0. The molecule has 0 amide bonds. The molecule has 45 heavy (non-hydrogen) atoms. The Balaban J connectivity index is 1.39. The number of rotatable bonds is 3. The van der Waals surface area contributed by atoms with Crippen molar-refractivity contribution >= 4 is 10.8 Å². The fourth-order valence-electron chi connectivity index (χ4n) is 7.44. The lowest BCUT2D eigenvalue weighted by molar-refractivity contribution is 0.643. The van der Waals surface area contributed by atoms with Crippen LogP contribution in [0.4, 0.5) is 0 Å². The summed E-state index contributed by atoms with van der Waals surface area (Å²) in [4.78, 5) is 0. The summed E-state index contributed by atoms with van der Waals surface area (Å²) in [6, 6.07) is 33.3. The quantitative estimate of drug-likeness (QED) is 0.148. The zero-order valence-corrected chi connectivity index (χ0v) is 26.9. The van der Waals surface area contributed by atoms with Crippen LogP contribution in [0.15, 0.2) is 115 Å². The lowest BCUT2D eigenvalue weighted by Crippen LogP contribution is -2.24. The van der Waals surface area contributed by atoms with Crippen molar-refractivity contribution in [1.29, 1.82) is 0 Å². The molecule has 0 bridgehead atoms. The van der Waals surface area contributed by atoms with Gasteiger partial charge in [-0.05, 0) is 104 Å². The minimum Gasteiger partial charge on any atom is -0.0990 e. The molecule has 2 aliphatic carbocycles. The standard InChI is InChI=1S/C45H38/c1-7-13-30(14-8-2)19-21-33-24-26-35-40(28-33)45(5,6)41-29-37-34-25-23-32(22-20-31-15-10-9-11-16-31)27-39(34)44(3,4)38-18-12-17-36(42(35)41)43(37)38/h7,9-13,15-18,23-29H,1,8,14H2,2-6H3. The van der Waals surface area contributed by atoms with Crippen LogP contribution < -0.4 is 0 Å². The van der Waals surface area contributed by atoms with Gasteiger partial charge in [0, 0.05) is 33.1 Å². The highest BCUT2D eigenvalue weighted by atomic mass is 14.4. The zero-order chi connectivity index (χ0) is 31.3. The van der Waals surface area contributed by atoms with Crippen molar-refractivity contribution in [1.82, 2.24) is 0 Å². The second-order valence-corrected chi connectivity index (χ2v) is 13.4. The van der Waals surface area contributed by atoms with E-state index in [1.165, 1.54) is 55.3 Å². The molecule has 0 radical (unpaired) electrons. The monoisotopic (exact) mass is 578 g/mol. The Bertz CT molecular complexity index is 2180. The van der Waals surface area contributed by atoms with Gasteiger partial charge in [0.15, 0.2) is 0 Å². The minimum absolute atomic E-state index is 0.152. The van der Waals surface area contributed by atoms with Crippen LogP contribution in [0.3, 0.4) is 0 Å². The van der Waals surface area contributed by atoms with Gasteiger partial charge in [-0.25, -0.2) is 0 Å². The molecule has 0 fully saturated rings. The second kappa shape index (κ2) is 10.8. The third kappa shape index (κ3) is 4.65. The molecule has 0 spiro atoms. The summed E-state index contributed by atoms with van der Waals surface area (Å²) in [7, 11) is 0. The maximum Gasteiger partial charge on any atom is 0.0252 e. The zero-order valence-electron chi connectivity index (χ0n) is 26.9. The number of hydrogen-bond acceptors (Lipinski definition) is 0. The molecule has 5 aromatic carbocycles. The van der Waals surface area contributed by atoms with Crippen molar-refractivity contribution in [2.24, 2.45) is 0 Å². The number of benzene rings is 5. The van der Waals surface area contributed by atoms with E-state index in [4.69, 9.17) is 0 Å². The van der Waals surface area contributed by atoms with Crippen molar-refractivity contribution in [3.8, 4) is 45.9 Å². The summed E-state index contributed by atoms with van der Waals surface area (Å²) in [5.41, 5.74) is 14.8. The van der Waals surface area contributed by atoms with Crippen LogP contribution in [0.5, 0.6) is 0 Å². The summed E-state index contributed by atoms with van der Waals surface area (Å²) in [5, 5.41) is 2.72. The fraction of sp³-hybridized carbons (Fsp3) is 0.200. The lowest BCUT2D eigenvalue weighted by atomic mass is 9.67. The van der Waals surface area contributed by atoms with Crippen LogP contribution in [0, 0.1) is 23.7 Å². The first-order chi connectivity index (χ1) is 21.7. The number of hydrogen-bond donors (Lipinski definition) is 0. The summed E-state index contributed by atoms with van der Waals surface area (Å²) >= 11 is 0. The van der Waals surface area contributed by atoms with E-state index in [-0.39, 0.29) is 10.8 Å². The molecule has 218 valence electrons. The van der Waals surface area contributed by atoms with E-state index < -0.39 is 0 Å². The van der Waals surface area contributed by atoms with Gasteiger partial charge in [0.1, 0.15) is 0 Å². The molecular weight excluding hydrogens is 540 g/mol. The SMILES string of the molecule is C=CC=C(C#Cc1ccc2c(c1)C(C)(C)c1cc3c4c(cccc4c1-2)C(C)(C)c1cc(C#Cc2ccccc2)ccc1-3)CCC. The topological polar surface area (TPSA) is 0 Å². The van der Waals surface area contributed by atoms with Crippen LogP contribution in [0.2, 0.25) is 0 Å². The summed E-state index contributed by atoms with van der Waals surface area (Å²) in [6.45, 7) is 15.5. The maximum absolute atomic E-state index is 3.87. The molecular formula is C45H38.